The number of fused-ring (bicyclic) bond motifs is 1. The minimum Gasteiger partial charge on any atom is -0.377 e. The highest BCUT2D eigenvalue weighted by molar-refractivity contribution is 7.89. The Kier molecular flexibility index (Phi) is 6.77. The molecule has 2 aliphatic heterocycles. The molecule has 0 spiro atoms. The average molecular weight is 559 g/mol. The minimum atomic E-state index is -4.26. The van der Waals surface area contributed by atoms with Gasteiger partial charge >= 0.3 is 5.69 Å². The van der Waals surface area contributed by atoms with E-state index >= 15 is 0 Å². The monoisotopic (exact) mass is 558 g/mol. The van der Waals surface area contributed by atoms with Gasteiger partial charge in [0.1, 0.15) is 12.2 Å². The summed E-state index contributed by atoms with van der Waals surface area (Å²) in [5.74, 6) is 0. The van der Waals surface area contributed by atoms with E-state index in [2.05, 4.69) is 20.2 Å². The number of aryl methyl sites for hydroxylation is 1. The number of hydrogen-bond acceptors (Lipinski definition) is 8. The predicted molar refractivity (Wildman–Crippen MR) is 132 cm³/mol. The van der Waals surface area contributed by atoms with Gasteiger partial charge in [-0.3, -0.25) is 4.57 Å². The van der Waals surface area contributed by atoms with E-state index in [1.807, 2.05) is 13.0 Å². The molecule has 0 aliphatic carbocycles. The highest BCUT2D eigenvalue weighted by Gasteiger charge is 2.43. The molecule has 37 heavy (non-hydrogen) atoms. The van der Waals surface area contributed by atoms with Crippen LogP contribution in [0.1, 0.15) is 37.3 Å². The molecule has 10 nitrogen and oxygen atoms in total. The van der Waals surface area contributed by atoms with Gasteiger partial charge in [0.05, 0.1) is 29.1 Å². The number of nitrogens with one attached hydrogen (secondary N) is 2. The molecular weight excluding hydrogens is 533 g/mol. The molecule has 0 saturated carbocycles. The van der Waals surface area contributed by atoms with Crippen molar-refractivity contribution in [3.05, 3.63) is 39.3 Å². The number of rotatable bonds is 8. The third kappa shape index (κ3) is 4.52. The molecule has 5 rings (SSSR count). The van der Waals surface area contributed by atoms with Crippen molar-refractivity contribution in [2.24, 2.45) is 0 Å². The first-order valence-corrected chi connectivity index (χ1v) is 13.9. The number of ether oxygens (including phenoxy) is 1. The molecule has 3 aromatic rings. The van der Waals surface area contributed by atoms with Crippen molar-refractivity contribution in [1.82, 2.24) is 29.4 Å². The van der Waals surface area contributed by atoms with Crippen LogP contribution in [-0.2, 0) is 21.3 Å². The van der Waals surface area contributed by atoms with Crippen molar-refractivity contribution in [3.8, 4) is 5.13 Å². The number of benzene rings is 1. The van der Waals surface area contributed by atoms with Crippen LogP contribution in [0.4, 0.5) is 13.2 Å². The first kappa shape index (κ1) is 26.0. The van der Waals surface area contributed by atoms with Crippen LogP contribution in [0, 0.1) is 0 Å². The molecule has 2 N–H and O–H groups in total. The van der Waals surface area contributed by atoms with E-state index < -0.39 is 39.4 Å². The Bertz CT molecular complexity index is 1540. The lowest BCUT2D eigenvalue weighted by Crippen LogP contribution is -2.63. The van der Waals surface area contributed by atoms with Gasteiger partial charge in [0.2, 0.25) is 15.2 Å². The molecule has 2 aliphatic rings. The van der Waals surface area contributed by atoms with Crippen molar-refractivity contribution in [2.45, 2.75) is 49.7 Å². The third-order valence-corrected chi connectivity index (χ3v) is 8.95. The highest BCUT2D eigenvalue weighted by atomic mass is 32.2. The van der Waals surface area contributed by atoms with E-state index in [-0.39, 0.29) is 41.3 Å². The van der Waals surface area contributed by atoms with Gasteiger partial charge in [0.15, 0.2) is 5.01 Å². The summed E-state index contributed by atoms with van der Waals surface area (Å²) in [6.45, 7) is 3.36. The van der Waals surface area contributed by atoms with E-state index in [0.29, 0.717) is 35.4 Å². The van der Waals surface area contributed by atoms with Gasteiger partial charge < -0.3 is 10.1 Å². The number of alkyl halides is 3. The number of halogens is 3. The molecule has 200 valence electrons. The smallest absolute Gasteiger partial charge is 0.335 e. The maximum atomic E-state index is 13.7. The Morgan fingerprint density at radius 1 is 1.32 bits per heavy atom. The van der Waals surface area contributed by atoms with Gasteiger partial charge in [0, 0.05) is 24.7 Å². The second kappa shape index (κ2) is 9.62. The minimum absolute atomic E-state index is 0.0935. The van der Waals surface area contributed by atoms with Gasteiger partial charge in [-0.1, -0.05) is 17.4 Å². The maximum Gasteiger partial charge on any atom is 0.335 e. The quantitative estimate of drug-likeness (QED) is 0.436. The summed E-state index contributed by atoms with van der Waals surface area (Å²) < 4.78 is 77.1. The lowest BCUT2D eigenvalue weighted by atomic mass is 9.95. The Morgan fingerprint density at radius 2 is 2.08 bits per heavy atom. The standard InChI is InChI=1S/C22H25F3N6O4S2/c1-3-30-17-15(13-4-5-26-12(2)6-13)7-14(37(33,34)29-22(9-23)10-35-11-22)8-16(17)31(21(30)32)20-28-27-19(36-20)18(24)25/h4,7-8,12,18,26,29H,3,5-6,9-11H2,1-2H3. The number of imidazole rings is 1. The molecule has 0 amide bonds. The lowest BCUT2D eigenvalue weighted by molar-refractivity contribution is -0.0725. The highest BCUT2D eigenvalue weighted by Crippen LogP contribution is 2.35. The number of nitrogens with zero attached hydrogens (tertiary/aromatic N) is 4. The van der Waals surface area contributed by atoms with Gasteiger partial charge in [0.25, 0.3) is 6.43 Å². The van der Waals surface area contributed by atoms with Crippen LogP contribution in [0.15, 0.2) is 27.9 Å². The Labute approximate surface area is 214 Å². The van der Waals surface area contributed by atoms with Crippen molar-refractivity contribution < 1.29 is 26.3 Å². The first-order chi connectivity index (χ1) is 17.6. The van der Waals surface area contributed by atoms with Crippen molar-refractivity contribution in [1.29, 1.82) is 0 Å². The van der Waals surface area contributed by atoms with Crippen LogP contribution < -0.4 is 15.7 Å². The number of sulfonamides is 1. The fraction of sp³-hybridized carbons (Fsp3) is 0.500. The summed E-state index contributed by atoms with van der Waals surface area (Å²) >= 11 is 0.550. The van der Waals surface area contributed by atoms with Crippen LogP contribution >= 0.6 is 11.3 Å². The molecule has 1 aromatic carbocycles. The number of aromatic nitrogens is 4. The zero-order chi connectivity index (χ0) is 26.5. The van der Waals surface area contributed by atoms with Crippen LogP contribution in [-0.4, -0.2) is 65.8 Å². The zero-order valence-electron chi connectivity index (χ0n) is 20.0. The molecule has 0 bridgehead atoms. The van der Waals surface area contributed by atoms with Crippen LogP contribution in [0.3, 0.4) is 0 Å². The predicted octanol–water partition coefficient (Wildman–Crippen LogP) is 2.38. The van der Waals surface area contributed by atoms with Gasteiger partial charge in [-0.25, -0.2) is 31.0 Å². The molecule has 1 saturated heterocycles. The maximum absolute atomic E-state index is 13.7. The van der Waals surface area contributed by atoms with Gasteiger partial charge in [-0.2, -0.15) is 4.72 Å². The van der Waals surface area contributed by atoms with Crippen LogP contribution in [0.5, 0.6) is 0 Å². The zero-order valence-corrected chi connectivity index (χ0v) is 21.6. The van der Waals surface area contributed by atoms with Crippen LogP contribution in [0.2, 0.25) is 0 Å². The normalized spacial score (nSPS) is 19.8. The topological polar surface area (TPSA) is 120 Å². The molecule has 15 heteroatoms. The van der Waals surface area contributed by atoms with Gasteiger partial charge in [-0.15, -0.1) is 10.2 Å². The summed E-state index contributed by atoms with van der Waals surface area (Å²) in [6.07, 6.45) is -0.394. The lowest BCUT2D eigenvalue weighted by Gasteiger charge is -2.39. The second-order valence-corrected chi connectivity index (χ2v) is 11.8. The van der Waals surface area contributed by atoms with Gasteiger partial charge in [-0.05, 0) is 38.0 Å². The van der Waals surface area contributed by atoms with E-state index in [1.165, 1.54) is 16.7 Å². The molecule has 0 radical (unpaired) electrons. The van der Waals surface area contributed by atoms with E-state index in [0.717, 1.165) is 10.1 Å². The summed E-state index contributed by atoms with van der Waals surface area (Å²) in [4.78, 5) is 13.3. The summed E-state index contributed by atoms with van der Waals surface area (Å²) in [6, 6.07) is 2.85. The van der Waals surface area contributed by atoms with Crippen LogP contribution in [0.25, 0.3) is 21.7 Å². The molecule has 1 fully saturated rings. The van der Waals surface area contributed by atoms with E-state index in [4.69, 9.17) is 4.74 Å². The molecule has 2 aromatic heterocycles. The summed E-state index contributed by atoms with van der Waals surface area (Å²) in [7, 11) is -4.26. The molecular formula is C22H25F3N6O4S2. The fourth-order valence-electron chi connectivity index (χ4n) is 4.59. The SMILES string of the molecule is CCn1c(=O)n(-c2nnc(C(F)F)s2)c2cc(S(=O)(=O)NC3(CF)COC3)cc(C3=CCNC(C)C3)c21. The second-order valence-electron chi connectivity index (χ2n) is 9.18. The molecule has 4 heterocycles. The molecule has 1 unspecified atom stereocenters. The van der Waals surface area contributed by atoms with E-state index in [9.17, 15) is 26.4 Å². The fourth-order valence-corrected chi connectivity index (χ4v) is 6.70. The van der Waals surface area contributed by atoms with Crippen molar-refractivity contribution in [2.75, 3.05) is 26.4 Å². The Morgan fingerprint density at radius 3 is 2.65 bits per heavy atom. The summed E-state index contributed by atoms with van der Waals surface area (Å²) in [5, 5.41) is 9.90. The molecule has 1 atom stereocenters. The number of hydrogen-bond donors (Lipinski definition) is 2. The Balaban J connectivity index is 1.79. The average Bonchev–Trinajstić information content (AvgIpc) is 3.42. The van der Waals surface area contributed by atoms with E-state index in [1.54, 1.807) is 6.92 Å². The summed E-state index contributed by atoms with van der Waals surface area (Å²) in [5.41, 5.74) is 0.0397. The van der Waals surface area contributed by atoms with Crippen molar-refractivity contribution in [3.63, 3.8) is 0 Å². The Hall–Kier alpha value is -2.59. The largest absolute Gasteiger partial charge is 0.377 e. The first-order valence-electron chi connectivity index (χ1n) is 11.6. The van der Waals surface area contributed by atoms with Crippen molar-refractivity contribution >= 4 is 38.0 Å². The third-order valence-electron chi connectivity index (χ3n) is 6.48.